The maximum Gasteiger partial charge on any atom is 0.133 e. The van der Waals surface area contributed by atoms with Crippen molar-refractivity contribution >= 4 is 5.78 Å². The molecule has 0 rings (SSSR count). The monoisotopic (exact) mass is 143 g/mol. The fourth-order valence-electron chi connectivity index (χ4n) is 0.725. The summed E-state index contributed by atoms with van der Waals surface area (Å²) in [6.07, 6.45) is 0. The highest BCUT2D eigenvalue weighted by molar-refractivity contribution is 5.78. The van der Waals surface area contributed by atoms with Crippen molar-refractivity contribution in [3.8, 4) is 0 Å². The molecule has 0 fully saturated rings. The fraction of sp³-hybridized carbons (Fsp3) is 0.875. The van der Waals surface area contributed by atoms with Crippen molar-refractivity contribution in [2.24, 2.45) is 5.92 Å². The average molecular weight is 143 g/mol. The zero-order valence-corrected chi connectivity index (χ0v) is 7.35. The van der Waals surface area contributed by atoms with Gasteiger partial charge in [0.25, 0.3) is 0 Å². The Balaban J connectivity index is 3.56. The van der Waals surface area contributed by atoms with E-state index in [0.29, 0.717) is 0 Å². The first-order chi connectivity index (χ1) is 4.57. The normalized spacial score (nSPS) is 13.7. The second kappa shape index (κ2) is 4.45. The minimum atomic E-state index is 0.185. The number of hydrogen-bond acceptors (Lipinski definition) is 2. The number of nitrogens with zero attached hydrogens (tertiary/aromatic N) is 1. The van der Waals surface area contributed by atoms with Gasteiger partial charge in [0, 0.05) is 12.5 Å². The molecule has 0 amide bonds. The molecule has 1 unspecified atom stereocenters. The van der Waals surface area contributed by atoms with Gasteiger partial charge in [0.15, 0.2) is 0 Å². The third kappa shape index (κ3) is 3.62. The molecule has 0 heterocycles. The third-order valence-corrected chi connectivity index (χ3v) is 1.82. The first-order valence-electron chi connectivity index (χ1n) is 3.77. The number of ketones is 1. The Morgan fingerprint density at radius 2 is 2.10 bits per heavy atom. The highest BCUT2D eigenvalue weighted by atomic mass is 16.1. The van der Waals surface area contributed by atoms with Crippen LogP contribution in [0.25, 0.3) is 0 Å². The molecule has 2 heteroatoms. The van der Waals surface area contributed by atoms with Crippen molar-refractivity contribution in [3.63, 3.8) is 0 Å². The van der Waals surface area contributed by atoms with Gasteiger partial charge in [-0.25, -0.2) is 0 Å². The summed E-state index contributed by atoms with van der Waals surface area (Å²) in [5.41, 5.74) is 0. The van der Waals surface area contributed by atoms with Gasteiger partial charge in [-0.3, -0.25) is 4.79 Å². The lowest BCUT2D eigenvalue weighted by molar-refractivity contribution is -0.120. The van der Waals surface area contributed by atoms with E-state index in [-0.39, 0.29) is 11.7 Å². The molecule has 0 aliphatic heterocycles. The summed E-state index contributed by atoms with van der Waals surface area (Å²) >= 11 is 0. The van der Waals surface area contributed by atoms with E-state index < -0.39 is 0 Å². The molecular weight excluding hydrogens is 126 g/mol. The highest BCUT2D eigenvalue weighted by Crippen LogP contribution is 1.98. The van der Waals surface area contributed by atoms with E-state index in [4.69, 9.17) is 0 Å². The molecule has 0 spiro atoms. The Morgan fingerprint density at radius 1 is 1.60 bits per heavy atom. The summed E-state index contributed by atoms with van der Waals surface area (Å²) < 4.78 is 0. The van der Waals surface area contributed by atoms with Crippen LogP contribution in [0.3, 0.4) is 0 Å². The van der Waals surface area contributed by atoms with Gasteiger partial charge in [-0.2, -0.15) is 0 Å². The van der Waals surface area contributed by atoms with Crippen molar-refractivity contribution in [1.82, 2.24) is 4.90 Å². The Kier molecular flexibility index (Phi) is 4.28. The maximum atomic E-state index is 10.8. The topological polar surface area (TPSA) is 20.3 Å². The van der Waals surface area contributed by atoms with Crippen molar-refractivity contribution in [1.29, 1.82) is 0 Å². The molecule has 2 nitrogen and oxygen atoms in total. The van der Waals surface area contributed by atoms with Crippen LogP contribution in [-0.2, 0) is 4.79 Å². The molecule has 60 valence electrons. The van der Waals surface area contributed by atoms with E-state index in [0.717, 1.165) is 13.1 Å². The molecule has 0 aliphatic rings. The fourth-order valence-corrected chi connectivity index (χ4v) is 0.725. The molecule has 0 aromatic heterocycles. The summed E-state index contributed by atoms with van der Waals surface area (Å²) in [7, 11) is 2.03. The number of hydrogen-bond donors (Lipinski definition) is 0. The molecule has 0 aliphatic carbocycles. The number of rotatable bonds is 4. The van der Waals surface area contributed by atoms with Crippen LogP contribution in [0.5, 0.6) is 0 Å². The van der Waals surface area contributed by atoms with Crippen LogP contribution in [0, 0.1) is 5.92 Å². The third-order valence-electron chi connectivity index (χ3n) is 1.82. The van der Waals surface area contributed by atoms with Gasteiger partial charge in [-0.05, 0) is 20.5 Å². The predicted molar refractivity (Wildman–Crippen MR) is 43.0 cm³/mol. The molecule has 0 bridgehead atoms. The SMILES string of the molecule is CCN(C)CC(C)C(C)=O. The average Bonchev–Trinajstić information content (AvgIpc) is 1.87. The summed E-state index contributed by atoms with van der Waals surface area (Å²) in [6, 6.07) is 0. The van der Waals surface area contributed by atoms with Crippen LogP contribution in [0.2, 0.25) is 0 Å². The van der Waals surface area contributed by atoms with E-state index >= 15 is 0 Å². The Labute approximate surface area is 63.2 Å². The number of Topliss-reactive ketones (excluding diaryl/α,β-unsaturated/α-hetero) is 1. The van der Waals surface area contributed by atoms with E-state index in [1.165, 1.54) is 0 Å². The Morgan fingerprint density at radius 3 is 2.40 bits per heavy atom. The van der Waals surface area contributed by atoms with Gasteiger partial charge in [-0.15, -0.1) is 0 Å². The first kappa shape index (κ1) is 9.63. The lowest BCUT2D eigenvalue weighted by atomic mass is 10.1. The standard InChI is InChI=1S/C8H17NO/c1-5-9(4)6-7(2)8(3)10/h7H,5-6H2,1-4H3. The quantitative estimate of drug-likeness (QED) is 0.588. The molecular formula is C8H17NO. The van der Waals surface area contributed by atoms with Crippen molar-refractivity contribution in [2.45, 2.75) is 20.8 Å². The van der Waals surface area contributed by atoms with Crippen LogP contribution in [0.15, 0.2) is 0 Å². The Hall–Kier alpha value is -0.370. The van der Waals surface area contributed by atoms with E-state index in [1.807, 2.05) is 14.0 Å². The minimum absolute atomic E-state index is 0.185. The van der Waals surface area contributed by atoms with Gasteiger partial charge in [0.1, 0.15) is 5.78 Å². The summed E-state index contributed by atoms with van der Waals surface area (Å²) in [5.74, 6) is 0.463. The predicted octanol–water partition coefficient (Wildman–Crippen LogP) is 1.16. The van der Waals surface area contributed by atoms with Crippen LogP contribution < -0.4 is 0 Å². The van der Waals surface area contributed by atoms with Crippen LogP contribution in [-0.4, -0.2) is 30.8 Å². The van der Waals surface area contributed by atoms with Crippen molar-refractivity contribution in [3.05, 3.63) is 0 Å². The lowest BCUT2D eigenvalue weighted by Gasteiger charge is -2.16. The molecule has 1 atom stereocenters. The Bertz CT molecular complexity index is 112. The van der Waals surface area contributed by atoms with Gasteiger partial charge in [0.05, 0.1) is 0 Å². The molecule has 0 aromatic carbocycles. The van der Waals surface area contributed by atoms with Gasteiger partial charge >= 0.3 is 0 Å². The van der Waals surface area contributed by atoms with Crippen molar-refractivity contribution < 1.29 is 4.79 Å². The largest absolute Gasteiger partial charge is 0.306 e. The molecule has 0 aromatic rings. The van der Waals surface area contributed by atoms with Gasteiger partial charge in [0.2, 0.25) is 0 Å². The molecule has 10 heavy (non-hydrogen) atoms. The molecule has 0 saturated carbocycles. The van der Waals surface area contributed by atoms with Crippen LogP contribution in [0.1, 0.15) is 20.8 Å². The minimum Gasteiger partial charge on any atom is -0.306 e. The molecule has 0 radical (unpaired) electrons. The summed E-state index contributed by atoms with van der Waals surface area (Å²) in [5, 5.41) is 0. The van der Waals surface area contributed by atoms with E-state index in [2.05, 4.69) is 11.8 Å². The first-order valence-corrected chi connectivity index (χ1v) is 3.77. The zero-order valence-electron chi connectivity index (χ0n) is 7.35. The van der Waals surface area contributed by atoms with Gasteiger partial charge < -0.3 is 4.90 Å². The lowest BCUT2D eigenvalue weighted by Crippen LogP contribution is -2.27. The van der Waals surface area contributed by atoms with Gasteiger partial charge in [-0.1, -0.05) is 13.8 Å². The van der Waals surface area contributed by atoms with Crippen LogP contribution >= 0.6 is 0 Å². The second-order valence-electron chi connectivity index (χ2n) is 2.87. The highest BCUT2D eigenvalue weighted by Gasteiger charge is 2.08. The zero-order chi connectivity index (χ0) is 8.15. The number of carbonyl (C=O) groups excluding carboxylic acids is 1. The van der Waals surface area contributed by atoms with Crippen molar-refractivity contribution in [2.75, 3.05) is 20.1 Å². The molecule has 0 saturated heterocycles. The van der Waals surface area contributed by atoms with Crippen LogP contribution in [0.4, 0.5) is 0 Å². The summed E-state index contributed by atoms with van der Waals surface area (Å²) in [6.45, 7) is 7.60. The maximum absolute atomic E-state index is 10.8. The molecule has 0 N–H and O–H groups in total. The smallest absolute Gasteiger partial charge is 0.133 e. The summed E-state index contributed by atoms with van der Waals surface area (Å²) in [4.78, 5) is 12.9. The van der Waals surface area contributed by atoms with E-state index in [9.17, 15) is 4.79 Å². The number of carbonyl (C=O) groups is 1. The van der Waals surface area contributed by atoms with E-state index in [1.54, 1.807) is 6.92 Å². The second-order valence-corrected chi connectivity index (χ2v) is 2.87.